The summed E-state index contributed by atoms with van der Waals surface area (Å²) in [7, 11) is 0. The first-order valence-electron chi connectivity index (χ1n) is 15.6. The van der Waals surface area contributed by atoms with Gasteiger partial charge in [-0.05, 0) is 58.7 Å². The van der Waals surface area contributed by atoms with Crippen molar-refractivity contribution < 1.29 is 0 Å². The molecule has 0 amide bonds. The maximum absolute atomic E-state index is 2.51. The molecule has 2 nitrogen and oxygen atoms in total. The molecule has 0 saturated heterocycles. The third-order valence-corrected chi connectivity index (χ3v) is 9.98. The molecule has 0 aliphatic carbocycles. The smallest absolute Gasteiger partial charge is 0.0742 e. The van der Waals surface area contributed by atoms with Gasteiger partial charge in [0.2, 0.25) is 0 Å². The van der Waals surface area contributed by atoms with E-state index in [0.717, 1.165) is 0 Å². The molecule has 3 heterocycles. The maximum Gasteiger partial charge on any atom is 0.0742 e. The summed E-state index contributed by atoms with van der Waals surface area (Å²) >= 11 is 0. The van der Waals surface area contributed by atoms with E-state index in [1.807, 2.05) is 0 Å². The van der Waals surface area contributed by atoms with Gasteiger partial charge in [-0.3, -0.25) is 0 Å². The zero-order valence-electron chi connectivity index (χ0n) is 25.1. The van der Waals surface area contributed by atoms with Crippen molar-refractivity contribution in [1.29, 1.82) is 0 Å². The Kier molecular flexibility index (Phi) is 5.70. The summed E-state index contributed by atoms with van der Waals surface area (Å²) in [4.78, 5) is 0. The van der Waals surface area contributed by atoms with E-state index >= 15 is 0 Å². The summed E-state index contributed by atoms with van der Waals surface area (Å²) in [5.74, 6) is 0. The quantitative estimate of drug-likeness (QED) is 0.183. The second kappa shape index (κ2) is 9.85. The lowest BCUT2D eigenvalue weighted by Crippen LogP contribution is -2.35. The van der Waals surface area contributed by atoms with Crippen molar-refractivity contribution in [2.24, 2.45) is 0 Å². The van der Waals surface area contributed by atoms with Crippen LogP contribution in [0.2, 0.25) is 0 Å². The molecule has 46 heavy (non-hydrogen) atoms. The minimum atomic E-state index is -0.460. The molecule has 1 aliphatic rings. The van der Waals surface area contributed by atoms with Crippen LogP contribution in [0.15, 0.2) is 170 Å². The van der Waals surface area contributed by atoms with Crippen LogP contribution in [0.1, 0.15) is 22.3 Å². The number of rotatable bonds is 3. The molecule has 10 rings (SSSR count). The predicted octanol–water partition coefficient (Wildman–Crippen LogP) is 10.2. The molecule has 7 aromatic carbocycles. The summed E-state index contributed by atoms with van der Waals surface area (Å²) in [6.45, 7) is 0. The Morgan fingerprint density at radius 2 is 0.891 bits per heavy atom. The molecule has 0 spiro atoms. The highest BCUT2D eigenvalue weighted by atomic mass is 15.0. The Balaban J connectivity index is 0.00000292. The van der Waals surface area contributed by atoms with Crippen molar-refractivity contribution in [2.75, 3.05) is 0 Å². The van der Waals surface area contributed by atoms with Crippen LogP contribution in [-0.2, 0) is 5.41 Å². The monoisotopic (exact) mass is 583 g/mol. The average Bonchev–Trinajstić information content (AvgIpc) is 3.63. The molecule has 0 fully saturated rings. The third kappa shape index (κ3) is 3.32. The van der Waals surface area contributed by atoms with Crippen molar-refractivity contribution in [1.82, 2.24) is 9.13 Å². The molecule has 213 valence electrons. The largest absolute Gasteiger partial charge is 0.309 e. The topological polar surface area (TPSA) is 9.86 Å². The molecular formula is C43H28BN2. The Morgan fingerprint density at radius 1 is 0.370 bits per heavy atom. The van der Waals surface area contributed by atoms with Crippen LogP contribution in [0.3, 0.4) is 0 Å². The summed E-state index contributed by atoms with van der Waals surface area (Å²) in [5, 5.41) is 5.09. The normalized spacial score (nSPS) is 13.2. The molecule has 1 aliphatic heterocycles. The lowest BCUT2D eigenvalue weighted by atomic mass is 9.63. The SMILES string of the molecule is [B].c1ccc(C2(c3ccccc3)c3ccccc3-n3c4ccc(-n5c6ccccc6c6ccccc65)cc4c4cccc2c43)cc1. The van der Waals surface area contributed by atoms with Gasteiger partial charge in [-0.15, -0.1) is 0 Å². The van der Waals surface area contributed by atoms with Gasteiger partial charge in [0.15, 0.2) is 0 Å². The number of hydrogen-bond acceptors (Lipinski definition) is 0. The number of fused-ring (bicyclic) bond motifs is 8. The molecule has 3 heteroatoms. The van der Waals surface area contributed by atoms with Crippen LogP contribution < -0.4 is 0 Å². The summed E-state index contributed by atoms with van der Waals surface area (Å²) in [6.07, 6.45) is 0. The van der Waals surface area contributed by atoms with E-state index in [-0.39, 0.29) is 8.41 Å². The first kappa shape index (κ1) is 26.6. The third-order valence-electron chi connectivity index (χ3n) is 9.98. The van der Waals surface area contributed by atoms with Crippen LogP contribution in [0.4, 0.5) is 0 Å². The van der Waals surface area contributed by atoms with E-state index in [9.17, 15) is 0 Å². The highest BCUT2D eigenvalue weighted by Crippen LogP contribution is 2.54. The van der Waals surface area contributed by atoms with Crippen LogP contribution >= 0.6 is 0 Å². The fourth-order valence-electron chi connectivity index (χ4n) is 8.25. The van der Waals surface area contributed by atoms with Crippen LogP contribution in [0.5, 0.6) is 0 Å². The Morgan fingerprint density at radius 3 is 1.57 bits per heavy atom. The van der Waals surface area contributed by atoms with Crippen molar-refractivity contribution in [3.63, 3.8) is 0 Å². The summed E-state index contributed by atoms with van der Waals surface area (Å²) < 4.78 is 4.93. The fraction of sp³-hybridized carbons (Fsp3) is 0.0233. The average molecular weight is 584 g/mol. The van der Waals surface area contributed by atoms with Crippen LogP contribution in [-0.4, -0.2) is 17.5 Å². The van der Waals surface area contributed by atoms with E-state index in [0.29, 0.717) is 0 Å². The second-order valence-electron chi connectivity index (χ2n) is 12.1. The first-order valence-corrected chi connectivity index (χ1v) is 15.6. The van der Waals surface area contributed by atoms with Crippen molar-refractivity contribution in [3.05, 3.63) is 192 Å². The van der Waals surface area contributed by atoms with Crippen LogP contribution in [0.25, 0.3) is 55.0 Å². The van der Waals surface area contributed by atoms with Crippen molar-refractivity contribution >= 4 is 52.0 Å². The zero-order chi connectivity index (χ0) is 29.5. The molecule has 0 N–H and O–H groups in total. The first-order chi connectivity index (χ1) is 22.4. The van der Waals surface area contributed by atoms with Gasteiger partial charge in [0.05, 0.1) is 33.2 Å². The second-order valence-corrected chi connectivity index (χ2v) is 12.1. The molecule has 3 radical (unpaired) electrons. The molecule has 0 bridgehead atoms. The van der Waals surface area contributed by atoms with Gasteiger partial charge in [0.1, 0.15) is 0 Å². The van der Waals surface area contributed by atoms with Crippen molar-refractivity contribution in [2.45, 2.75) is 5.41 Å². The molecule has 2 aromatic heterocycles. The number of aromatic nitrogens is 2. The van der Waals surface area contributed by atoms with E-state index in [2.05, 4.69) is 179 Å². The number of benzene rings is 7. The Hall–Kier alpha value is -5.80. The van der Waals surface area contributed by atoms with Gasteiger partial charge in [-0.2, -0.15) is 0 Å². The number of para-hydroxylation sites is 4. The van der Waals surface area contributed by atoms with Gasteiger partial charge in [0.25, 0.3) is 0 Å². The van der Waals surface area contributed by atoms with Gasteiger partial charge in [-0.1, -0.05) is 133 Å². The lowest BCUT2D eigenvalue weighted by Gasteiger charge is -2.41. The molecule has 0 unspecified atom stereocenters. The maximum atomic E-state index is 2.51. The van der Waals surface area contributed by atoms with Gasteiger partial charge < -0.3 is 9.13 Å². The standard InChI is InChI=1S/C43H28N2.B/c1-3-14-29(15-4-1)43(30-16-5-2-6-17-30)36-21-9-12-25-41(36)45-40-27-26-31(28-35(40)34-20-13-22-37(43)42(34)45)44-38-23-10-7-18-32(38)33-19-8-11-24-39(33)44;/h1-28H;. The highest BCUT2D eigenvalue weighted by molar-refractivity contribution is 6.14. The van der Waals surface area contributed by atoms with E-state index < -0.39 is 5.41 Å². The summed E-state index contributed by atoms with van der Waals surface area (Å²) in [5.41, 5.74) is 12.1. The van der Waals surface area contributed by atoms with Gasteiger partial charge in [-0.25, -0.2) is 0 Å². The van der Waals surface area contributed by atoms with E-state index in [1.165, 1.54) is 77.2 Å². The Labute approximate surface area is 269 Å². The molecule has 9 aromatic rings. The van der Waals surface area contributed by atoms with Gasteiger partial charge >= 0.3 is 0 Å². The summed E-state index contributed by atoms with van der Waals surface area (Å²) in [6, 6.07) is 62.5. The lowest BCUT2D eigenvalue weighted by molar-refractivity contribution is 0.728. The molecular weight excluding hydrogens is 555 g/mol. The van der Waals surface area contributed by atoms with Crippen LogP contribution in [0, 0.1) is 0 Å². The fourth-order valence-corrected chi connectivity index (χ4v) is 8.25. The Bertz CT molecular complexity index is 2500. The minimum Gasteiger partial charge on any atom is -0.309 e. The highest BCUT2D eigenvalue weighted by Gasteiger charge is 2.45. The van der Waals surface area contributed by atoms with Gasteiger partial charge in [0, 0.05) is 35.6 Å². The molecule has 0 atom stereocenters. The van der Waals surface area contributed by atoms with Crippen molar-refractivity contribution in [3.8, 4) is 11.4 Å². The predicted molar refractivity (Wildman–Crippen MR) is 193 cm³/mol. The minimum absolute atomic E-state index is 0. The zero-order valence-corrected chi connectivity index (χ0v) is 25.1. The number of nitrogens with zero attached hydrogens (tertiary/aromatic N) is 2. The molecule has 0 saturated carbocycles. The number of hydrogen-bond donors (Lipinski definition) is 0. The van der Waals surface area contributed by atoms with E-state index in [1.54, 1.807) is 0 Å². The van der Waals surface area contributed by atoms with E-state index in [4.69, 9.17) is 0 Å².